The maximum atomic E-state index is 12.3. The number of rotatable bonds is 6. The minimum atomic E-state index is -0.396. The minimum absolute atomic E-state index is 0.0913. The molecule has 0 aliphatic carbocycles. The number of hydrogen-bond donors (Lipinski definition) is 0. The molecule has 8 heteroatoms. The molecular weight excluding hydrogens is 378 g/mol. The fourth-order valence-corrected chi connectivity index (χ4v) is 3.94. The third-order valence-electron chi connectivity index (χ3n) is 4.78. The van der Waals surface area contributed by atoms with E-state index in [1.165, 1.54) is 12.0 Å². The summed E-state index contributed by atoms with van der Waals surface area (Å²) in [5, 5.41) is 6.08. The van der Waals surface area contributed by atoms with Crippen molar-refractivity contribution in [3.63, 3.8) is 0 Å². The highest BCUT2D eigenvalue weighted by molar-refractivity contribution is 7.09. The van der Waals surface area contributed by atoms with Crippen LogP contribution in [0.3, 0.4) is 0 Å². The smallest absolute Gasteiger partial charge is 0.337 e. The maximum Gasteiger partial charge on any atom is 0.337 e. The Morgan fingerprint density at radius 1 is 1.32 bits per heavy atom. The first-order valence-corrected chi connectivity index (χ1v) is 9.84. The van der Waals surface area contributed by atoms with Gasteiger partial charge in [-0.1, -0.05) is 23.4 Å². The van der Waals surface area contributed by atoms with Crippen LogP contribution in [0.2, 0.25) is 0 Å². The van der Waals surface area contributed by atoms with Gasteiger partial charge in [-0.3, -0.25) is 4.79 Å². The fraction of sp³-hybridized carbons (Fsp3) is 0.300. The van der Waals surface area contributed by atoms with E-state index in [9.17, 15) is 9.59 Å². The van der Waals surface area contributed by atoms with Crippen molar-refractivity contribution in [2.75, 3.05) is 20.2 Å². The van der Waals surface area contributed by atoms with Gasteiger partial charge in [0.1, 0.15) is 0 Å². The number of carbonyl (C=O) groups is 2. The third-order valence-corrected chi connectivity index (χ3v) is 5.71. The van der Waals surface area contributed by atoms with Crippen LogP contribution in [0.5, 0.6) is 0 Å². The second-order valence-electron chi connectivity index (χ2n) is 6.60. The number of amides is 1. The van der Waals surface area contributed by atoms with Gasteiger partial charge in [-0.05, 0) is 30.0 Å². The summed E-state index contributed by atoms with van der Waals surface area (Å²) in [4.78, 5) is 31.4. The first-order valence-electron chi connectivity index (χ1n) is 8.96. The molecule has 1 aliphatic rings. The lowest BCUT2D eigenvalue weighted by Gasteiger charge is -2.15. The van der Waals surface area contributed by atoms with Gasteiger partial charge in [-0.15, -0.1) is 11.3 Å². The quantitative estimate of drug-likeness (QED) is 0.594. The largest absolute Gasteiger partial charge is 0.465 e. The number of thiophene rings is 1. The van der Waals surface area contributed by atoms with Crippen molar-refractivity contribution in [2.24, 2.45) is 0 Å². The number of methoxy groups -OCH3 is 1. The van der Waals surface area contributed by atoms with Gasteiger partial charge < -0.3 is 14.2 Å². The Hall–Kier alpha value is -3.00. The lowest BCUT2D eigenvalue weighted by Crippen LogP contribution is -2.27. The maximum absolute atomic E-state index is 12.3. The normalized spacial score (nSPS) is 16.5. The van der Waals surface area contributed by atoms with Crippen LogP contribution in [-0.2, 0) is 16.0 Å². The summed E-state index contributed by atoms with van der Waals surface area (Å²) in [6.45, 7) is 1.29. The van der Waals surface area contributed by atoms with E-state index < -0.39 is 5.97 Å². The van der Waals surface area contributed by atoms with Gasteiger partial charge >= 0.3 is 5.97 Å². The molecule has 2 aromatic heterocycles. The van der Waals surface area contributed by atoms with Gasteiger partial charge in [0.2, 0.25) is 17.6 Å². The zero-order valence-electron chi connectivity index (χ0n) is 15.3. The molecule has 0 saturated carbocycles. The van der Waals surface area contributed by atoms with E-state index in [-0.39, 0.29) is 11.8 Å². The Balaban J connectivity index is 1.41. The molecule has 0 unspecified atom stereocenters. The Morgan fingerprint density at radius 3 is 2.86 bits per heavy atom. The minimum Gasteiger partial charge on any atom is -0.465 e. The number of esters is 1. The van der Waals surface area contributed by atoms with Gasteiger partial charge in [0.25, 0.3) is 0 Å². The Labute approximate surface area is 165 Å². The molecule has 1 aromatic carbocycles. The summed E-state index contributed by atoms with van der Waals surface area (Å²) in [5.74, 6) is 0.539. The molecule has 0 N–H and O–H groups in total. The Morgan fingerprint density at radius 2 is 2.14 bits per heavy atom. The number of carbonyl (C=O) groups excluding carboxylic acids is 2. The molecule has 0 bridgehead atoms. The number of nitrogens with zero attached hydrogens (tertiary/aromatic N) is 3. The molecule has 1 amide bonds. The molecule has 3 aromatic rings. The predicted molar refractivity (Wildman–Crippen MR) is 103 cm³/mol. The van der Waals surface area contributed by atoms with E-state index in [4.69, 9.17) is 9.26 Å². The van der Waals surface area contributed by atoms with Gasteiger partial charge in [0.05, 0.1) is 18.6 Å². The average molecular weight is 397 g/mol. The van der Waals surface area contributed by atoms with Crippen molar-refractivity contribution in [3.05, 3.63) is 58.1 Å². The van der Waals surface area contributed by atoms with E-state index in [2.05, 4.69) is 16.2 Å². The van der Waals surface area contributed by atoms with Crippen molar-refractivity contribution in [3.8, 4) is 11.4 Å². The summed E-state index contributed by atoms with van der Waals surface area (Å²) in [7, 11) is 1.34. The molecule has 4 rings (SSSR count). The van der Waals surface area contributed by atoms with E-state index in [1.807, 2.05) is 16.3 Å². The zero-order chi connectivity index (χ0) is 19.5. The topological polar surface area (TPSA) is 85.5 Å². The summed E-state index contributed by atoms with van der Waals surface area (Å²) in [6, 6.07) is 10.9. The summed E-state index contributed by atoms with van der Waals surface area (Å²) < 4.78 is 10.1. The molecule has 0 spiro atoms. The lowest BCUT2D eigenvalue weighted by atomic mass is 10.1. The molecule has 28 heavy (non-hydrogen) atoms. The Kier molecular flexibility index (Phi) is 5.21. The van der Waals surface area contributed by atoms with Crippen LogP contribution in [-0.4, -0.2) is 47.1 Å². The Bertz CT molecular complexity index is 966. The van der Waals surface area contributed by atoms with Crippen LogP contribution in [0, 0.1) is 0 Å². The molecule has 1 fully saturated rings. The molecule has 1 aliphatic heterocycles. The summed E-state index contributed by atoms with van der Waals surface area (Å²) >= 11 is 1.70. The highest BCUT2D eigenvalue weighted by Crippen LogP contribution is 2.29. The van der Waals surface area contributed by atoms with E-state index in [0.717, 1.165) is 12.0 Å². The number of ether oxygens (including phenoxy) is 1. The highest BCUT2D eigenvalue weighted by atomic mass is 32.1. The SMILES string of the molecule is COC(=O)c1ccc(-c2noc([C@H]3CC(=O)N(CCc4cccs4)C3)n2)cc1. The molecule has 0 radical (unpaired) electrons. The molecule has 7 nitrogen and oxygen atoms in total. The van der Waals surface area contributed by atoms with E-state index in [0.29, 0.717) is 36.8 Å². The monoisotopic (exact) mass is 397 g/mol. The predicted octanol–water partition coefficient (Wildman–Crippen LogP) is 3.14. The first-order chi connectivity index (χ1) is 13.6. The number of hydrogen-bond acceptors (Lipinski definition) is 7. The fourth-order valence-electron chi connectivity index (χ4n) is 3.25. The average Bonchev–Trinajstić information content (AvgIpc) is 3.47. The van der Waals surface area contributed by atoms with Crippen molar-refractivity contribution in [1.29, 1.82) is 0 Å². The first kappa shape index (κ1) is 18.4. The number of likely N-dealkylation sites (tertiary alicyclic amines) is 1. The van der Waals surface area contributed by atoms with Crippen molar-refractivity contribution in [1.82, 2.24) is 15.0 Å². The van der Waals surface area contributed by atoms with Crippen LogP contribution in [0.1, 0.15) is 33.5 Å². The number of aromatic nitrogens is 2. The van der Waals surface area contributed by atoms with Crippen LogP contribution in [0.4, 0.5) is 0 Å². The van der Waals surface area contributed by atoms with Gasteiger partial charge in [0.15, 0.2) is 0 Å². The lowest BCUT2D eigenvalue weighted by molar-refractivity contribution is -0.127. The third kappa shape index (κ3) is 3.82. The standard InChI is InChI=1S/C20H19N3O4S/c1-26-20(25)14-6-4-13(5-7-14)18-21-19(27-22-18)15-11-17(24)23(12-15)9-8-16-3-2-10-28-16/h2-7,10,15H,8-9,11-12H2,1H3/t15-/m0/s1. The molecule has 1 saturated heterocycles. The van der Waals surface area contributed by atoms with Crippen LogP contribution >= 0.6 is 11.3 Å². The van der Waals surface area contributed by atoms with Gasteiger partial charge in [0, 0.05) is 30.0 Å². The van der Waals surface area contributed by atoms with Crippen molar-refractivity contribution >= 4 is 23.2 Å². The van der Waals surface area contributed by atoms with Crippen LogP contribution in [0.15, 0.2) is 46.3 Å². The summed E-state index contributed by atoms with van der Waals surface area (Å²) in [5.41, 5.74) is 1.19. The summed E-state index contributed by atoms with van der Waals surface area (Å²) in [6.07, 6.45) is 1.24. The molecule has 1 atom stereocenters. The second kappa shape index (κ2) is 7.93. The van der Waals surface area contributed by atoms with Crippen LogP contribution < -0.4 is 0 Å². The highest BCUT2D eigenvalue weighted by Gasteiger charge is 2.34. The molecule has 144 valence electrons. The van der Waals surface area contributed by atoms with E-state index in [1.54, 1.807) is 35.6 Å². The van der Waals surface area contributed by atoms with Gasteiger partial charge in [-0.25, -0.2) is 4.79 Å². The molecule has 3 heterocycles. The number of benzene rings is 1. The second-order valence-corrected chi connectivity index (χ2v) is 7.63. The van der Waals surface area contributed by atoms with Crippen molar-refractivity contribution < 1.29 is 18.8 Å². The zero-order valence-corrected chi connectivity index (χ0v) is 16.1. The van der Waals surface area contributed by atoms with E-state index >= 15 is 0 Å². The van der Waals surface area contributed by atoms with Gasteiger partial charge in [-0.2, -0.15) is 4.98 Å². The molecular formula is C20H19N3O4S. The van der Waals surface area contributed by atoms with Crippen molar-refractivity contribution in [2.45, 2.75) is 18.8 Å². The van der Waals surface area contributed by atoms with Crippen LogP contribution in [0.25, 0.3) is 11.4 Å².